The van der Waals surface area contributed by atoms with Crippen molar-refractivity contribution in [1.82, 2.24) is 10.2 Å². The molecule has 0 saturated heterocycles. The van der Waals surface area contributed by atoms with E-state index in [0.29, 0.717) is 24.5 Å². The van der Waals surface area contributed by atoms with Crippen molar-refractivity contribution in [2.75, 3.05) is 6.54 Å². The highest BCUT2D eigenvalue weighted by molar-refractivity contribution is 7.80. The molecule has 0 aromatic heterocycles. The van der Waals surface area contributed by atoms with Crippen LogP contribution in [0.4, 0.5) is 0 Å². The summed E-state index contributed by atoms with van der Waals surface area (Å²) >= 11 is 11.4. The molecule has 0 heterocycles. The second kappa shape index (κ2) is 10.3. The van der Waals surface area contributed by atoms with E-state index in [9.17, 15) is 4.79 Å². The van der Waals surface area contributed by atoms with Crippen LogP contribution >= 0.6 is 23.8 Å². The number of carbonyl (C=O) groups is 1. The van der Waals surface area contributed by atoms with Gasteiger partial charge in [0.05, 0.1) is 12.5 Å². The average molecular weight is 384 g/mol. The Balaban J connectivity index is 2.00. The maximum absolute atomic E-state index is 12.1. The summed E-state index contributed by atoms with van der Waals surface area (Å²) in [7, 11) is 0. The van der Waals surface area contributed by atoms with Crippen LogP contribution in [0, 0.1) is 11.3 Å². The van der Waals surface area contributed by atoms with E-state index in [0.717, 1.165) is 11.1 Å². The van der Waals surface area contributed by atoms with Gasteiger partial charge in [-0.05, 0) is 35.5 Å². The van der Waals surface area contributed by atoms with E-state index in [4.69, 9.17) is 29.1 Å². The van der Waals surface area contributed by atoms with Crippen LogP contribution in [0.5, 0.6) is 0 Å². The molecule has 2 aromatic rings. The lowest BCUT2D eigenvalue weighted by Crippen LogP contribution is -2.42. The Kier molecular flexibility index (Phi) is 7.81. The zero-order chi connectivity index (χ0) is 18.8. The minimum atomic E-state index is -0.343. The van der Waals surface area contributed by atoms with E-state index in [1.807, 2.05) is 48.5 Å². The summed E-state index contributed by atoms with van der Waals surface area (Å²) in [6, 6.07) is 19.1. The molecule has 0 fully saturated rings. The number of thiocarbonyl (C=S) groups is 1. The van der Waals surface area contributed by atoms with Crippen LogP contribution in [0.3, 0.4) is 0 Å². The predicted molar refractivity (Wildman–Crippen MR) is 108 cm³/mol. The van der Waals surface area contributed by atoms with E-state index in [1.54, 1.807) is 17.0 Å². The minimum absolute atomic E-state index is 0.290. The summed E-state index contributed by atoms with van der Waals surface area (Å²) in [5.41, 5.74) is 1.80. The van der Waals surface area contributed by atoms with Gasteiger partial charge in [0, 0.05) is 24.2 Å². The lowest BCUT2D eigenvalue weighted by Gasteiger charge is -2.24. The smallest absolute Gasteiger partial charge is 0.250 e. The second-order valence-electron chi connectivity index (χ2n) is 5.46. The number of benzene rings is 2. The Labute approximate surface area is 163 Å². The summed E-state index contributed by atoms with van der Waals surface area (Å²) < 4.78 is 0. The summed E-state index contributed by atoms with van der Waals surface area (Å²) in [6.07, 6.45) is 3.34. The number of hydrogen-bond acceptors (Lipinski definition) is 3. The first kappa shape index (κ1) is 19.6. The molecule has 0 saturated carbocycles. The molecule has 1 N–H and O–H groups in total. The van der Waals surface area contributed by atoms with Gasteiger partial charge >= 0.3 is 0 Å². The molecule has 0 unspecified atom stereocenters. The molecule has 1 amide bonds. The van der Waals surface area contributed by atoms with Gasteiger partial charge in [-0.25, -0.2) is 0 Å². The van der Waals surface area contributed by atoms with E-state index in [1.165, 1.54) is 6.08 Å². The van der Waals surface area contributed by atoms with Crippen molar-refractivity contribution in [1.29, 1.82) is 5.26 Å². The van der Waals surface area contributed by atoms with Crippen LogP contribution in [0.25, 0.3) is 6.08 Å². The van der Waals surface area contributed by atoms with E-state index < -0.39 is 0 Å². The van der Waals surface area contributed by atoms with Gasteiger partial charge in [0.15, 0.2) is 5.11 Å². The van der Waals surface area contributed by atoms with Crippen LogP contribution in [-0.2, 0) is 11.3 Å². The van der Waals surface area contributed by atoms with Gasteiger partial charge in [-0.2, -0.15) is 5.26 Å². The Bertz CT molecular complexity index is 830. The van der Waals surface area contributed by atoms with E-state index in [-0.39, 0.29) is 11.0 Å². The van der Waals surface area contributed by atoms with Gasteiger partial charge in [0.25, 0.3) is 0 Å². The number of nitrogens with one attached hydrogen (secondary N) is 1. The number of hydrogen-bond donors (Lipinski definition) is 1. The highest BCUT2D eigenvalue weighted by Gasteiger charge is 2.12. The topological polar surface area (TPSA) is 56.1 Å². The van der Waals surface area contributed by atoms with Crippen molar-refractivity contribution in [2.24, 2.45) is 0 Å². The maximum atomic E-state index is 12.1. The highest BCUT2D eigenvalue weighted by atomic mass is 35.5. The highest BCUT2D eigenvalue weighted by Crippen LogP contribution is 2.16. The predicted octanol–water partition coefficient (Wildman–Crippen LogP) is 4.17. The fourth-order valence-corrected chi connectivity index (χ4v) is 2.70. The molecule has 26 heavy (non-hydrogen) atoms. The number of halogens is 1. The summed E-state index contributed by atoms with van der Waals surface area (Å²) in [5.74, 6) is -0.343. The molecule has 2 aromatic carbocycles. The Hall–Kier alpha value is -2.68. The molecule has 0 aliphatic carbocycles. The molecule has 0 aliphatic heterocycles. The molecule has 2 rings (SSSR count). The van der Waals surface area contributed by atoms with Crippen LogP contribution in [-0.4, -0.2) is 22.5 Å². The fourth-order valence-electron chi connectivity index (χ4n) is 2.24. The van der Waals surface area contributed by atoms with E-state index >= 15 is 0 Å². The number of rotatable bonds is 6. The lowest BCUT2D eigenvalue weighted by molar-refractivity contribution is -0.115. The second-order valence-corrected chi connectivity index (χ2v) is 6.26. The molecule has 0 spiro atoms. The summed E-state index contributed by atoms with van der Waals surface area (Å²) in [5, 5.41) is 12.4. The first-order valence-electron chi connectivity index (χ1n) is 8.03. The van der Waals surface area contributed by atoms with Crippen molar-refractivity contribution in [2.45, 2.75) is 13.0 Å². The monoisotopic (exact) mass is 383 g/mol. The van der Waals surface area contributed by atoms with Crippen LogP contribution in [0.1, 0.15) is 17.5 Å². The lowest BCUT2D eigenvalue weighted by atomic mass is 10.2. The zero-order valence-electron chi connectivity index (χ0n) is 14.1. The molecule has 0 aliphatic rings. The molecule has 0 radical (unpaired) electrons. The third-order valence-corrected chi connectivity index (χ3v) is 4.25. The third-order valence-electron chi connectivity index (χ3n) is 3.55. The van der Waals surface area contributed by atoms with Gasteiger partial charge in [0.1, 0.15) is 0 Å². The molecule has 6 heteroatoms. The van der Waals surface area contributed by atoms with Crippen LogP contribution in [0.15, 0.2) is 60.7 Å². The minimum Gasteiger partial charge on any atom is -0.344 e. The molecule has 0 bridgehead atoms. The Morgan fingerprint density at radius 3 is 2.58 bits per heavy atom. The Morgan fingerprint density at radius 2 is 1.88 bits per heavy atom. The van der Waals surface area contributed by atoms with Crippen molar-refractivity contribution in [3.05, 3.63) is 76.8 Å². The average Bonchev–Trinajstić information content (AvgIpc) is 2.65. The largest absolute Gasteiger partial charge is 0.344 e. The van der Waals surface area contributed by atoms with Crippen molar-refractivity contribution < 1.29 is 4.79 Å². The van der Waals surface area contributed by atoms with Gasteiger partial charge in [0.2, 0.25) is 5.91 Å². The summed E-state index contributed by atoms with van der Waals surface area (Å²) in [6.45, 7) is 0.967. The normalized spacial score (nSPS) is 10.3. The molecule has 0 atom stereocenters. The SMILES string of the molecule is N#CCCN(Cc1ccccc1)C(=S)NC(=O)/C=C/c1ccccc1Cl. The first-order chi connectivity index (χ1) is 12.6. The summed E-state index contributed by atoms with van der Waals surface area (Å²) in [4.78, 5) is 13.9. The Morgan fingerprint density at radius 1 is 1.19 bits per heavy atom. The van der Waals surface area contributed by atoms with Crippen molar-refractivity contribution in [3.8, 4) is 6.07 Å². The molecular weight excluding hydrogens is 366 g/mol. The first-order valence-corrected chi connectivity index (χ1v) is 8.82. The zero-order valence-corrected chi connectivity index (χ0v) is 15.6. The van der Waals surface area contributed by atoms with Gasteiger partial charge in [-0.15, -0.1) is 0 Å². The van der Waals surface area contributed by atoms with Crippen LogP contribution in [0.2, 0.25) is 5.02 Å². The van der Waals surface area contributed by atoms with Gasteiger partial charge in [-0.1, -0.05) is 60.1 Å². The van der Waals surface area contributed by atoms with Crippen LogP contribution < -0.4 is 5.32 Å². The number of nitriles is 1. The van der Waals surface area contributed by atoms with E-state index in [2.05, 4.69) is 11.4 Å². The number of nitrogens with zero attached hydrogens (tertiary/aromatic N) is 2. The quantitative estimate of drug-likeness (QED) is 0.600. The molecule has 132 valence electrons. The molecular formula is C20H18ClN3OS. The van der Waals surface area contributed by atoms with Crippen molar-refractivity contribution >= 4 is 40.9 Å². The fraction of sp³-hybridized carbons (Fsp3) is 0.150. The third kappa shape index (κ3) is 6.32. The standard InChI is InChI=1S/C20H18ClN3OS/c21-18-10-5-4-9-17(18)11-12-19(25)23-20(26)24(14-6-13-22)15-16-7-2-1-3-8-16/h1-5,7-12H,6,14-15H2,(H,23,25,26)/b12-11+. The van der Waals surface area contributed by atoms with Gasteiger partial charge in [-0.3, -0.25) is 10.1 Å². The maximum Gasteiger partial charge on any atom is 0.250 e. The van der Waals surface area contributed by atoms with Gasteiger partial charge < -0.3 is 4.90 Å². The molecule has 4 nitrogen and oxygen atoms in total. The van der Waals surface area contributed by atoms with Crippen molar-refractivity contribution in [3.63, 3.8) is 0 Å². The number of amides is 1. The number of carbonyl (C=O) groups excluding carboxylic acids is 1.